The third-order valence-electron chi connectivity index (χ3n) is 3.05. The zero-order valence-corrected chi connectivity index (χ0v) is 13.2. The fourth-order valence-corrected chi connectivity index (χ4v) is 3.06. The van der Waals surface area contributed by atoms with Gasteiger partial charge < -0.3 is 9.94 Å². The lowest BCUT2D eigenvalue weighted by Gasteiger charge is -2.00. The molecule has 6 nitrogen and oxygen atoms in total. The van der Waals surface area contributed by atoms with E-state index in [2.05, 4.69) is 24.9 Å². The SMILES string of the molecule is CO/N=C/c1cccc(-c2sc(-c3cccnc3)nc2CO)n1. The molecule has 0 unspecified atom stereocenters. The lowest BCUT2D eigenvalue weighted by Crippen LogP contribution is -1.93. The van der Waals surface area contributed by atoms with Crippen LogP contribution in [0.15, 0.2) is 47.9 Å². The number of hydrogen-bond acceptors (Lipinski definition) is 7. The third-order valence-corrected chi connectivity index (χ3v) is 4.22. The molecule has 0 atom stereocenters. The lowest BCUT2D eigenvalue weighted by atomic mass is 10.2. The molecule has 0 aliphatic heterocycles. The van der Waals surface area contributed by atoms with Crippen LogP contribution in [0.3, 0.4) is 0 Å². The maximum atomic E-state index is 9.61. The second-order valence-corrected chi connectivity index (χ2v) is 5.56. The van der Waals surface area contributed by atoms with Gasteiger partial charge in [0, 0.05) is 18.0 Å². The Morgan fingerprint density at radius 2 is 2.17 bits per heavy atom. The van der Waals surface area contributed by atoms with Crippen LogP contribution in [0.2, 0.25) is 0 Å². The van der Waals surface area contributed by atoms with E-state index in [-0.39, 0.29) is 6.61 Å². The van der Waals surface area contributed by atoms with Crippen molar-refractivity contribution >= 4 is 17.6 Å². The second kappa shape index (κ2) is 7.08. The highest BCUT2D eigenvalue weighted by Gasteiger charge is 2.15. The molecule has 3 heterocycles. The molecule has 0 bridgehead atoms. The summed E-state index contributed by atoms with van der Waals surface area (Å²) in [6, 6.07) is 9.38. The van der Waals surface area contributed by atoms with Crippen molar-refractivity contribution in [2.45, 2.75) is 6.61 Å². The number of aromatic nitrogens is 3. The Morgan fingerprint density at radius 3 is 2.91 bits per heavy atom. The van der Waals surface area contributed by atoms with Crippen LogP contribution >= 0.6 is 11.3 Å². The number of nitrogens with zero attached hydrogens (tertiary/aromatic N) is 4. The van der Waals surface area contributed by atoms with Crippen molar-refractivity contribution in [3.63, 3.8) is 0 Å². The first kappa shape index (κ1) is 15.3. The summed E-state index contributed by atoms with van der Waals surface area (Å²) in [6.07, 6.45) is 5.00. The Bertz CT molecular complexity index is 818. The Kier molecular flexibility index (Phi) is 4.70. The summed E-state index contributed by atoms with van der Waals surface area (Å²) in [6.45, 7) is -0.149. The van der Waals surface area contributed by atoms with Crippen LogP contribution < -0.4 is 0 Å². The molecule has 0 spiro atoms. The molecule has 116 valence electrons. The summed E-state index contributed by atoms with van der Waals surface area (Å²) in [5, 5.41) is 14.1. The van der Waals surface area contributed by atoms with Gasteiger partial charge in [-0.25, -0.2) is 9.97 Å². The molecule has 0 aliphatic rings. The fraction of sp³-hybridized carbons (Fsp3) is 0.125. The molecular formula is C16H14N4O2S. The van der Waals surface area contributed by atoms with Crippen molar-refractivity contribution in [3.8, 4) is 21.1 Å². The highest BCUT2D eigenvalue weighted by molar-refractivity contribution is 7.18. The highest BCUT2D eigenvalue weighted by atomic mass is 32.1. The minimum Gasteiger partial charge on any atom is -0.399 e. The Hall–Kier alpha value is -2.64. The van der Waals surface area contributed by atoms with E-state index < -0.39 is 0 Å². The predicted molar refractivity (Wildman–Crippen MR) is 89.1 cm³/mol. The van der Waals surface area contributed by atoms with E-state index in [4.69, 9.17) is 0 Å². The molecule has 0 fully saturated rings. The number of aliphatic hydroxyl groups is 1. The Labute approximate surface area is 137 Å². The second-order valence-electron chi connectivity index (χ2n) is 4.56. The summed E-state index contributed by atoms with van der Waals surface area (Å²) < 4.78 is 0. The summed E-state index contributed by atoms with van der Waals surface area (Å²) in [5.41, 5.74) is 2.92. The van der Waals surface area contributed by atoms with Crippen LogP contribution in [0.1, 0.15) is 11.4 Å². The van der Waals surface area contributed by atoms with Gasteiger partial charge in [0.05, 0.1) is 34.8 Å². The van der Waals surface area contributed by atoms with Crippen LogP contribution in [0, 0.1) is 0 Å². The summed E-state index contributed by atoms with van der Waals surface area (Å²) >= 11 is 1.47. The van der Waals surface area contributed by atoms with Gasteiger partial charge in [0.2, 0.25) is 0 Å². The van der Waals surface area contributed by atoms with Gasteiger partial charge in [-0.05, 0) is 24.3 Å². The molecule has 0 aliphatic carbocycles. The van der Waals surface area contributed by atoms with Crippen molar-refractivity contribution in [2.24, 2.45) is 5.16 Å². The molecule has 0 saturated heterocycles. The van der Waals surface area contributed by atoms with E-state index in [1.54, 1.807) is 12.4 Å². The fourth-order valence-electron chi connectivity index (χ4n) is 2.03. The molecule has 0 radical (unpaired) electrons. The minimum atomic E-state index is -0.149. The van der Waals surface area contributed by atoms with Gasteiger partial charge in [0.25, 0.3) is 0 Å². The van der Waals surface area contributed by atoms with E-state index in [1.165, 1.54) is 24.7 Å². The van der Waals surface area contributed by atoms with Gasteiger partial charge in [-0.15, -0.1) is 11.3 Å². The Balaban J connectivity index is 2.03. The molecule has 23 heavy (non-hydrogen) atoms. The largest absolute Gasteiger partial charge is 0.399 e. The maximum absolute atomic E-state index is 9.61. The first-order valence-corrected chi connectivity index (χ1v) is 7.68. The van der Waals surface area contributed by atoms with Gasteiger partial charge in [0.15, 0.2) is 0 Å². The molecule has 3 aromatic heterocycles. The quantitative estimate of drug-likeness (QED) is 0.576. The number of pyridine rings is 2. The molecule has 3 rings (SSSR count). The monoisotopic (exact) mass is 326 g/mol. The summed E-state index contributed by atoms with van der Waals surface area (Å²) in [5.74, 6) is 0. The zero-order valence-electron chi connectivity index (χ0n) is 12.4. The first-order valence-electron chi connectivity index (χ1n) is 6.86. The van der Waals surface area contributed by atoms with Crippen molar-refractivity contribution in [1.82, 2.24) is 15.0 Å². The average molecular weight is 326 g/mol. The van der Waals surface area contributed by atoms with Gasteiger partial charge in [-0.2, -0.15) is 0 Å². The maximum Gasteiger partial charge on any atom is 0.125 e. The predicted octanol–water partition coefficient (Wildman–Crippen LogP) is 2.74. The van der Waals surface area contributed by atoms with Crippen molar-refractivity contribution in [2.75, 3.05) is 7.11 Å². The summed E-state index contributed by atoms with van der Waals surface area (Å²) in [7, 11) is 1.48. The van der Waals surface area contributed by atoms with E-state index in [1.807, 2.05) is 30.3 Å². The van der Waals surface area contributed by atoms with Crippen LogP contribution in [0.25, 0.3) is 21.1 Å². The van der Waals surface area contributed by atoms with E-state index in [0.29, 0.717) is 11.4 Å². The zero-order chi connectivity index (χ0) is 16.1. The summed E-state index contributed by atoms with van der Waals surface area (Å²) in [4.78, 5) is 18.6. The van der Waals surface area contributed by atoms with Crippen molar-refractivity contribution in [1.29, 1.82) is 0 Å². The number of aliphatic hydroxyl groups excluding tert-OH is 1. The lowest BCUT2D eigenvalue weighted by molar-refractivity contribution is 0.215. The van der Waals surface area contributed by atoms with E-state index >= 15 is 0 Å². The van der Waals surface area contributed by atoms with Crippen molar-refractivity contribution in [3.05, 3.63) is 54.1 Å². The molecular weight excluding hydrogens is 312 g/mol. The van der Waals surface area contributed by atoms with Gasteiger partial charge in [-0.1, -0.05) is 11.2 Å². The van der Waals surface area contributed by atoms with Gasteiger partial charge in [0.1, 0.15) is 12.1 Å². The smallest absolute Gasteiger partial charge is 0.125 e. The van der Waals surface area contributed by atoms with Crippen LogP contribution in [0.5, 0.6) is 0 Å². The van der Waals surface area contributed by atoms with Gasteiger partial charge in [-0.3, -0.25) is 4.98 Å². The normalized spacial score (nSPS) is 11.0. The number of rotatable bonds is 5. The number of hydrogen-bond donors (Lipinski definition) is 1. The van der Waals surface area contributed by atoms with Crippen LogP contribution in [-0.4, -0.2) is 33.4 Å². The molecule has 0 amide bonds. The molecule has 7 heteroatoms. The minimum absolute atomic E-state index is 0.149. The molecule has 0 saturated carbocycles. The molecule has 0 aromatic carbocycles. The van der Waals surface area contributed by atoms with Crippen molar-refractivity contribution < 1.29 is 9.94 Å². The standard InChI is InChI=1S/C16H14N4O2S/c1-22-18-9-12-5-2-6-13(19-12)15-14(10-21)20-16(23-15)11-4-3-7-17-8-11/h2-9,21H,10H2,1H3/b18-9+. The average Bonchev–Trinajstić information content (AvgIpc) is 3.05. The highest BCUT2D eigenvalue weighted by Crippen LogP contribution is 2.34. The Morgan fingerprint density at radius 1 is 1.26 bits per heavy atom. The number of oxime groups is 1. The van der Waals surface area contributed by atoms with Gasteiger partial charge >= 0.3 is 0 Å². The third kappa shape index (κ3) is 3.41. The van der Waals surface area contributed by atoms with Crippen LogP contribution in [-0.2, 0) is 11.4 Å². The molecule has 1 N–H and O–H groups in total. The van der Waals surface area contributed by atoms with Crippen LogP contribution in [0.4, 0.5) is 0 Å². The topological polar surface area (TPSA) is 80.5 Å². The van der Waals surface area contributed by atoms with E-state index in [9.17, 15) is 5.11 Å². The number of thiazole rings is 1. The first-order chi connectivity index (χ1) is 11.3. The van der Waals surface area contributed by atoms with E-state index in [0.717, 1.165) is 21.1 Å². The molecule has 3 aromatic rings.